The van der Waals surface area contributed by atoms with E-state index in [0.29, 0.717) is 21.4 Å². The molecule has 0 atom stereocenters. The summed E-state index contributed by atoms with van der Waals surface area (Å²) in [6.07, 6.45) is 0.253. The second-order valence-electron chi connectivity index (χ2n) is 4.46. The molecule has 0 saturated carbocycles. The summed E-state index contributed by atoms with van der Waals surface area (Å²) in [5.74, 6) is -0.0822. The van der Waals surface area contributed by atoms with Gasteiger partial charge in [0.1, 0.15) is 0 Å². The highest BCUT2D eigenvalue weighted by atomic mass is 35.5. The van der Waals surface area contributed by atoms with E-state index < -0.39 is 0 Å². The van der Waals surface area contributed by atoms with Gasteiger partial charge in [-0.3, -0.25) is 4.79 Å². The Bertz CT molecular complexity index is 644. The summed E-state index contributed by atoms with van der Waals surface area (Å²) in [4.78, 5) is 13.8. The average Bonchev–Trinajstić information content (AvgIpc) is 2.40. The molecule has 0 spiro atoms. The third-order valence-corrected chi connectivity index (χ3v) is 3.44. The number of carbonyl (C=O) groups excluding carboxylic acids is 1. The van der Waals surface area contributed by atoms with Gasteiger partial charge in [0.05, 0.1) is 17.8 Å². The zero-order chi connectivity index (χ0) is 14.7. The number of likely N-dealkylation sites (N-methyl/N-ethyl adjacent to an activating group) is 1. The van der Waals surface area contributed by atoms with Gasteiger partial charge in [-0.2, -0.15) is 0 Å². The molecule has 5 heteroatoms. The van der Waals surface area contributed by atoms with Crippen molar-refractivity contribution in [1.82, 2.24) is 0 Å². The van der Waals surface area contributed by atoms with Gasteiger partial charge >= 0.3 is 0 Å². The number of rotatable bonds is 3. The third kappa shape index (κ3) is 3.44. The molecule has 0 aliphatic rings. The van der Waals surface area contributed by atoms with E-state index >= 15 is 0 Å². The number of amides is 1. The maximum Gasteiger partial charge on any atom is 0.231 e. The molecule has 0 aliphatic heterocycles. The van der Waals surface area contributed by atoms with E-state index in [-0.39, 0.29) is 12.3 Å². The Hall–Kier alpha value is -1.71. The monoisotopic (exact) mass is 308 g/mol. The maximum absolute atomic E-state index is 12.3. The highest BCUT2D eigenvalue weighted by molar-refractivity contribution is 6.31. The van der Waals surface area contributed by atoms with E-state index in [1.54, 1.807) is 37.4 Å². The summed E-state index contributed by atoms with van der Waals surface area (Å²) in [5.41, 5.74) is 7.84. The number of benzene rings is 2. The van der Waals surface area contributed by atoms with Crippen molar-refractivity contribution in [2.45, 2.75) is 6.42 Å². The Morgan fingerprint density at radius 1 is 1.15 bits per heavy atom. The zero-order valence-corrected chi connectivity index (χ0v) is 12.4. The number of nitrogens with two attached hydrogens (primary N) is 1. The van der Waals surface area contributed by atoms with E-state index in [1.165, 1.54) is 4.90 Å². The lowest BCUT2D eigenvalue weighted by atomic mass is 10.1. The summed E-state index contributed by atoms with van der Waals surface area (Å²) in [7, 11) is 1.68. The molecule has 2 N–H and O–H groups in total. The first-order chi connectivity index (χ1) is 9.47. The van der Waals surface area contributed by atoms with Gasteiger partial charge in [0, 0.05) is 17.1 Å². The largest absolute Gasteiger partial charge is 0.397 e. The van der Waals surface area contributed by atoms with Crippen LogP contribution in [0.4, 0.5) is 11.4 Å². The average molecular weight is 309 g/mol. The quantitative estimate of drug-likeness (QED) is 0.877. The van der Waals surface area contributed by atoms with Crippen LogP contribution >= 0.6 is 23.2 Å². The van der Waals surface area contributed by atoms with Crippen LogP contribution in [0.3, 0.4) is 0 Å². The smallest absolute Gasteiger partial charge is 0.231 e. The lowest BCUT2D eigenvalue weighted by Gasteiger charge is -2.19. The van der Waals surface area contributed by atoms with Gasteiger partial charge < -0.3 is 10.6 Å². The van der Waals surface area contributed by atoms with Crippen LogP contribution < -0.4 is 10.6 Å². The van der Waals surface area contributed by atoms with E-state index in [4.69, 9.17) is 28.9 Å². The maximum atomic E-state index is 12.3. The number of nitrogens with zero attached hydrogens (tertiary/aromatic N) is 1. The van der Waals surface area contributed by atoms with Crippen LogP contribution in [0.25, 0.3) is 0 Å². The van der Waals surface area contributed by atoms with Crippen molar-refractivity contribution in [2.75, 3.05) is 17.7 Å². The van der Waals surface area contributed by atoms with Crippen molar-refractivity contribution < 1.29 is 4.79 Å². The molecule has 0 radical (unpaired) electrons. The number of hydrogen-bond acceptors (Lipinski definition) is 2. The first kappa shape index (κ1) is 14.7. The van der Waals surface area contributed by atoms with Crippen molar-refractivity contribution in [3.63, 3.8) is 0 Å². The SMILES string of the molecule is CN(C(=O)Cc1cccc(Cl)c1)c1cc(Cl)ccc1N. The first-order valence-electron chi connectivity index (χ1n) is 6.03. The molecule has 1 amide bonds. The van der Waals surface area contributed by atoms with Crippen molar-refractivity contribution in [3.05, 3.63) is 58.1 Å². The predicted molar refractivity (Wildman–Crippen MR) is 84.4 cm³/mol. The fourth-order valence-corrected chi connectivity index (χ4v) is 2.26. The van der Waals surface area contributed by atoms with Gasteiger partial charge in [0.2, 0.25) is 5.91 Å². The number of hydrogen-bond donors (Lipinski definition) is 1. The first-order valence-corrected chi connectivity index (χ1v) is 6.79. The fraction of sp³-hybridized carbons (Fsp3) is 0.133. The molecule has 20 heavy (non-hydrogen) atoms. The molecule has 0 aromatic heterocycles. The van der Waals surface area contributed by atoms with Crippen LogP contribution in [0, 0.1) is 0 Å². The Labute approximate surface area is 127 Å². The summed E-state index contributed by atoms with van der Waals surface area (Å²) < 4.78 is 0. The van der Waals surface area contributed by atoms with E-state index in [2.05, 4.69) is 0 Å². The van der Waals surface area contributed by atoms with Crippen LogP contribution in [0.1, 0.15) is 5.56 Å². The molecular weight excluding hydrogens is 295 g/mol. The molecule has 0 bridgehead atoms. The molecule has 2 aromatic carbocycles. The summed E-state index contributed by atoms with van der Waals surface area (Å²) in [5, 5.41) is 1.15. The van der Waals surface area contributed by atoms with Gasteiger partial charge in [-0.05, 0) is 35.9 Å². The van der Waals surface area contributed by atoms with Crippen molar-refractivity contribution in [2.24, 2.45) is 0 Å². The highest BCUT2D eigenvalue weighted by Crippen LogP contribution is 2.26. The van der Waals surface area contributed by atoms with Crippen molar-refractivity contribution in [1.29, 1.82) is 0 Å². The van der Waals surface area contributed by atoms with Crippen molar-refractivity contribution in [3.8, 4) is 0 Å². The third-order valence-electron chi connectivity index (χ3n) is 2.97. The summed E-state index contributed by atoms with van der Waals surface area (Å²) in [6.45, 7) is 0. The molecule has 2 rings (SSSR count). The topological polar surface area (TPSA) is 46.3 Å². The highest BCUT2D eigenvalue weighted by Gasteiger charge is 2.14. The molecule has 2 aromatic rings. The molecule has 0 heterocycles. The van der Waals surface area contributed by atoms with Crippen LogP contribution in [0.2, 0.25) is 10.0 Å². The second kappa shape index (κ2) is 6.16. The van der Waals surface area contributed by atoms with Gasteiger partial charge in [0.15, 0.2) is 0 Å². The standard InChI is InChI=1S/C15H14Cl2N2O/c1-19(14-9-12(17)5-6-13(14)18)15(20)8-10-3-2-4-11(16)7-10/h2-7,9H,8,18H2,1H3. The minimum atomic E-state index is -0.0822. The molecular formula is C15H14Cl2N2O. The molecule has 104 valence electrons. The molecule has 3 nitrogen and oxygen atoms in total. The fourth-order valence-electron chi connectivity index (χ4n) is 1.88. The van der Waals surface area contributed by atoms with Gasteiger partial charge in [0.25, 0.3) is 0 Å². The van der Waals surface area contributed by atoms with E-state index in [1.807, 2.05) is 12.1 Å². The van der Waals surface area contributed by atoms with Crippen LogP contribution in [-0.2, 0) is 11.2 Å². The molecule has 0 saturated heterocycles. The van der Waals surface area contributed by atoms with Crippen LogP contribution in [0.5, 0.6) is 0 Å². The van der Waals surface area contributed by atoms with Gasteiger partial charge in [-0.15, -0.1) is 0 Å². The number of carbonyl (C=O) groups is 1. The van der Waals surface area contributed by atoms with Crippen LogP contribution in [0.15, 0.2) is 42.5 Å². The lowest BCUT2D eigenvalue weighted by Crippen LogP contribution is -2.28. The number of halogens is 2. The normalized spacial score (nSPS) is 10.3. The minimum Gasteiger partial charge on any atom is -0.397 e. The zero-order valence-electron chi connectivity index (χ0n) is 10.9. The van der Waals surface area contributed by atoms with Crippen LogP contribution in [-0.4, -0.2) is 13.0 Å². The number of nitrogen functional groups attached to an aromatic ring is 1. The summed E-state index contributed by atoms with van der Waals surface area (Å²) >= 11 is 11.8. The minimum absolute atomic E-state index is 0.0822. The van der Waals surface area contributed by atoms with E-state index in [9.17, 15) is 4.79 Å². The number of anilines is 2. The molecule has 0 fully saturated rings. The molecule has 0 unspecified atom stereocenters. The Balaban J connectivity index is 2.18. The molecule has 0 aliphatic carbocycles. The van der Waals surface area contributed by atoms with Gasteiger partial charge in [-0.1, -0.05) is 35.3 Å². The Morgan fingerprint density at radius 3 is 2.55 bits per heavy atom. The Kier molecular flexibility index (Phi) is 4.53. The Morgan fingerprint density at radius 2 is 1.85 bits per heavy atom. The second-order valence-corrected chi connectivity index (χ2v) is 5.34. The predicted octanol–water partition coefficient (Wildman–Crippen LogP) is 3.78. The van der Waals surface area contributed by atoms with E-state index in [0.717, 1.165) is 5.56 Å². The van der Waals surface area contributed by atoms with Gasteiger partial charge in [-0.25, -0.2) is 0 Å². The van der Waals surface area contributed by atoms with Crippen molar-refractivity contribution >= 4 is 40.5 Å². The summed E-state index contributed by atoms with van der Waals surface area (Å²) in [6, 6.07) is 12.3. The lowest BCUT2D eigenvalue weighted by molar-refractivity contribution is -0.117.